The van der Waals surface area contributed by atoms with Crippen molar-refractivity contribution in [3.8, 4) is 0 Å². The molecule has 0 radical (unpaired) electrons. The summed E-state index contributed by atoms with van der Waals surface area (Å²) in [5.74, 6) is -1.74. The highest BCUT2D eigenvalue weighted by molar-refractivity contribution is 6.08. The molecule has 7 nitrogen and oxygen atoms in total. The molecule has 7 heteroatoms. The van der Waals surface area contributed by atoms with Crippen LogP contribution in [0, 0.1) is 23.7 Å². The second-order valence-corrected chi connectivity index (χ2v) is 8.38. The fourth-order valence-electron chi connectivity index (χ4n) is 5.47. The Hall–Kier alpha value is -3.22. The Morgan fingerprint density at radius 3 is 2.37 bits per heavy atom. The third-order valence-corrected chi connectivity index (χ3v) is 6.73. The van der Waals surface area contributed by atoms with E-state index in [2.05, 4.69) is 5.32 Å². The predicted molar refractivity (Wildman–Crippen MR) is 108 cm³/mol. The summed E-state index contributed by atoms with van der Waals surface area (Å²) in [6.45, 7) is -0.901. The van der Waals surface area contributed by atoms with Gasteiger partial charge >= 0.3 is 5.97 Å². The average Bonchev–Trinajstić information content (AvgIpc) is 3.43. The molecule has 3 amide bonds. The maximum absolute atomic E-state index is 12.6. The van der Waals surface area contributed by atoms with Gasteiger partial charge in [-0.3, -0.25) is 24.1 Å². The highest BCUT2D eigenvalue weighted by Crippen LogP contribution is 2.56. The first-order valence-corrected chi connectivity index (χ1v) is 10.3. The first-order chi connectivity index (χ1) is 14.5. The number of anilines is 1. The topological polar surface area (TPSA) is 92.8 Å². The van der Waals surface area contributed by atoms with Crippen LogP contribution < -0.4 is 5.32 Å². The molecular weight excluding hydrogens is 384 g/mol. The molecule has 4 atom stereocenters. The normalized spacial score (nSPS) is 26.9. The summed E-state index contributed by atoms with van der Waals surface area (Å²) in [4.78, 5) is 50.8. The minimum Gasteiger partial charge on any atom is -0.454 e. The number of likely N-dealkylation sites (tertiary alicyclic amines) is 1. The zero-order chi connectivity index (χ0) is 20.8. The fraction of sp³-hybridized carbons (Fsp3) is 0.391. The maximum atomic E-state index is 12.6. The summed E-state index contributed by atoms with van der Waals surface area (Å²) in [6, 6.07) is 13.2. The highest BCUT2D eigenvalue weighted by Gasteiger charge is 2.61. The Morgan fingerprint density at radius 1 is 0.967 bits per heavy atom. The van der Waals surface area contributed by atoms with Gasteiger partial charge in [-0.05, 0) is 42.6 Å². The Labute approximate surface area is 173 Å². The quantitative estimate of drug-likeness (QED) is 0.608. The number of rotatable bonds is 5. The van der Waals surface area contributed by atoms with E-state index >= 15 is 0 Å². The van der Waals surface area contributed by atoms with E-state index in [4.69, 9.17) is 4.74 Å². The average molecular weight is 406 g/mol. The van der Waals surface area contributed by atoms with Crippen LogP contribution in [0.5, 0.6) is 0 Å². The van der Waals surface area contributed by atoms with Crippen LogP contribution >= 0.6 is 0 Å². The molecule has 2 saturated carbocycles. The van der Waals surface area contributed by atoms with E-state index in [1.165, 1.54) is 0 Å². The van der Waals surface area contributed by atoms with Gasteiger partial charge in [0.05, 0.1) is 11.8 Å². The number of carbonyl (C=O) groups excluding carboxylic acids is 4. The van der Waals surface area contributed by atoms with Crippen molar-refractivity contribution < 1.29 is 23.9 Å². The maximum Gasteiger partial charge on any atom is 0.326 e. The van der Waals surface area contributed by atoms with Crippen LogP contribution in [0.3, 0.4) is 0 Å². The molecule has 2 aromatic rings. The lowest BCUT2D eigenvalue weighted by Gasteiger charge is -2.19. The van der Waals surface area contributed by atoms with E-state index in [9.17, 15) is 19.2 Å². The first kappa shape index (κ1) is 18.8. The number of amides is 3. The molecule has 2 aliphatic carbocycles. The molecule has 30 heavy (non-hydrogen) atoms. The van der Waals surface area contributed by atoms with E-state index in [0.29, 0.717) is 5.69 Å². The van der Waals surface area contributed by atoms with Gasteiger partial charge in [-0.1, -0.05) is 36.4 Å². The number of ether oxygens (including phenoxy) is 1. The molecular formula is C23H22N2O5. The Bertz CT molecular complexity index is 1030. The van der Waals surface area contributed by atoms with E-state index in [1.54, 1.807) is 6.07 Å². The zero-order valence-corrected chi connectivity index (χ0v) is 16.4. The van der Waals surface area contributed by atoms with Gasteiger partial charge in [0.2, 0.25) is 11.8 Å². The smallest absolute Gasteiger partial charge is 0.326 e. The Balaban J connectivity index is 1.17. The minimum absolute atomic E-state index is 0.255. The van der Waals surface area contributed by atoms with Crippen molar-refractivity contribution in [2.45, 2.75) is 19.3 Å². The second-order valence-electron chi connectivity index (χ2n) is 8.38. The SMILES string of the molecule is O=C(COC(=O)CN1C(=O)[C@H]2[C@H]3CC[C@@H](C3)[C@@H]2C1=O)Nc1cccc2ccccc12. The predicted octanol–water partition coefficient (Wildman–Crippen LogP) is 2.35. The lowest BCUT2D eigenvalue weighted by Crippen LogP contribution is -2.38. The second kappa shape index (κ2) is 7.23. The van der Waals surface area contributed by atoms with Crippen molar-refractivity contribution >= 4 is 40.2 Å². The van der Waals surface area contributed by atoms with E-state index < -0.39 is 25.0 Å². The Kier molecular flexibility index (Phi) is 4.53. The van der Waals surface area contributed by atoms with Crippen molar-refractivity contribution in [2.24, 2.45) is 23.7 Å². The van der Waals surface area contributed by atoms with E-state index in [-0.39, 0.29) is 35.5 Å². The number of nitrogens with zero attached hydrogens (tertiary/aromatic N) is 1. The number of benzene rings is 2. The zero-order valence-electron chi connectivity index (χ0n) is 16.4. The molecule has 0 aromatic heterocycles. The van der Waals surface area contributed by atoms with Crippen molar-refractivity contribution in [3.05, 3.63) is 42.5 Å². The van der Waals surface area contributed by atoms with Crippen LogP contribution in [0.4, 0.5) is 5.69 Å². The monoisotopic (exact) mass is 406 g/mol. The van der Waals surface area contributed by atoms with Crippen LogP contribution in [0.1, 0.15) is 19.3 Å². The molecule has 154 valence electrons. The summed E-state index contributed by atoms with van der Waals surface area (Å²) in [5, 5.41) is 4.61. The van der Waals surface area contributed by atoms with Crippen molar-refractivity contribution in [3.63, 3.8) is 0 Å². The van der Waals surface area contributed by atoms with Gasteiger partial charge in [0.25, 0.3) is 5.91 Å². The van der Waals surface area contributed by atoms with Crippen LogP contribution in [0.15, 0.2) is 42.5 Å². The molecule has 1 heterocycles. The molecule has 2 aromatic carbocycles. The van der Waals surface area contributed by atoms with Crippen LogP contribution in [-0.4, -0.2) is 41.7 Å². The number of nitrogens with one attached hydrogen (secondary N) is 1. The van der Waals surface area contributed by atoms with Gasteiger partial charge in [-0.2, -0.15) is 0 Å². The van der Waals surface area contributed by atoms with Gasteiger partial charge in [0, 0.05) is 11.1 Å². The minimum atomic E-state index is -0.753. The largest absolute Gasteiger partial charge is 0.454 e. The van der Waals surface area contributed by atoms with Gasteiger partial charge in [-0.25, -0.2) is 0 Å². The third-order valence-electron chi connectivity index (χ3n) is 6.73. The standard InChI is InChI=1S/C23H22N2O5/c26-18(24-17-7-3-5-13-4-1-2-6-16(13)17)12-30-19(27)11-25-22(28)20-14-8-9-15(10-14)21(20)23(25)29/h1-7,14-15,20-21H,8-12H2,(H,24,26)/t14-,15-,20-,21-/m0/s1. The number of esters is 1. The number of hydrogen-bond acceptors (Lipinski definition) is 5. The molecule has 3 fully saturated rings. The molecule has 5 rings (SSSR count). The number of fused-ring (bicyclic) bond motifs is 6. The summed E-state index contributed by atoms with van der Waals surface area (Å²) in [6.07, 6.45) is 2.91. The number of carbonyl (C=O) groups is 4. The van der Waals surface area contributed by atoms with Crippen molar-refractivity contribution in [1.82, 2.24) is 4.90 Å². The molecule has 3 aliphatic rings. The van der Waals surface area contributed by atoms with Crippen LogP contribution in [0.2, 0.25) is 0 Å². The molecule has 2 bridgehead atoms. The highest BCUT2D eigenvalue weighted by atomic mass is 16.5. The van der Waals surface area contributed by atoms with Gasteiger partial charge in [0.15, 0.2) is 6.61 Å². The molecule has 1 N–H and O–H groups in total. The van der Waals surface area contributed by atoms with Gasteiger partial charge in [-0.15, -0.1) is 0 Å². The Morgan fingerprint density at radius 2 is 1.63 bits per heavy atom. The summed E-state index contributed by atoms with van der Waals surface area (Å²) in [5.41, 5.74) is 0.627. The van der Waals surface area contributed by atoms with Crippen LogP contribution in [-0.2, 0) is 23.9 Å². The summed E-state index contributed by atoms with van der Waals surface area (Å²) in [7, 11) is 0. The van der Waals surface area contributed by atoms with E-state index in [1.807, 2.05) is 36.4 Å². The lowest BCUT2D eigenvalue weighted by molar-refractivity contribution is -0.154. The van der Waals surface area contributed by atoms with E-state index in [0.717, 1.165) is 34.9 Å². The third kappa shape index (κ3) is 3.05. The molecule has 0 spiro atoms. The molecule has 0 unspecified atom stereocenters. The van der Waals surface area contributed by atoms with Gasteiger partial charge in [0.1, 0.15) is 6.54 Å². The molecule has 1 saturated heterocycles. The lowest BCUT2D eigenvalue weighted by atomic mass is 9.81. The molecule has 1 aliphatic heterocycles. The van der Waals surface area contributed by atoms with Crippen molar-refractivity contribution in [2.75, 3.05) is 18.5 Å². The summed E-state index contributed by atoms with van der Waals surface area (Å²) < 4.78 is 5.04. The first-order valence-electron chi connectivity index (χ1n) is 10.3. The summed E-state index contributed by atoms with van der Waals surface area (Å²) >= 11 is 0. The van der Waals surface area contributed by atoms with Crippen molar-refractivity contribution in [1.29, 1.82) is 0 Å². The fourth-order valence-corrected chi connectivity index (χ4v) is 5.47. The number of imide groups is 1. The van der Waals surface area contributed by atoms with Gasteiger partial charge < -0.3 is 10.1 Å². The van der Waals surface area contributed by atoms with Crippen LogP contribution in [0.25, 0.3) is 10.8 Å². The number of hydrogen-bond donors (Lipinski definition) is 1.